The number of nitrogens with one attached hydrogen (secondary N) is 1. The van der Waals surface area contributed by atoms with E-state index in [1.165, 1.54) is 18.4 Å². The number of amides is 2. The SMILES string of the molecule is CCCCn1c(S[C@@H](C)C(=O)NC(=O)OC)nc2sc(C)c(C)c2c1=O. The zero-order valence-corrected chi connectivity index (χ0v) is 17.2. The van der Waals surface area contributed by atoms with Crippen molar-refractivity contribution in [3.05, 3.63) is 20.8 Å². The highest BCUT2D eigenvalue weighted by atomic mass is 32.2. The topological polar surface area (TPSA) is 90.3 Å². The number of methoxy groups -OCH3 is 1. The fourth-order valence-corrected chi connectivity index (χ4v) is 4.38. The van der Waals surface area contributed by atoms with Crippen LogP contribution in [-0.2, 0) is 16.1 Å². The number of thioether (sulfide) groups is 1. The summed E-state index contributed by atoms with van der Waals surface area (Å²) in [7, 11) is 1.19. The number of aromatic nitrogens is 2. The maximum atomic E-state index is 13.0. The Morgan fingerprint density at radius 1 is 1.38 bits per heavy atom. The van der Waals surface area contributed by atoms with Crippen molar-refractivity contribution < 1.29 is 14.3 Å². The van der Waals surface area contributed by atoms with Gasteiger partial charge in [0, 0.05) is 11.4 Å². The van der Waals surface area contributed by atoms with E-state index >= 15 is 0 Å². The molecule has 0 fully saturated rings. The number of unbranched alkanes of at least 4 members (excludes halogenated alkanes) is 1. The Kier molecular flexibility index (Phi) is 6.82. The van der Waals surface area contributed by atoms with Crippen LogP contribution >= 0.6 is 23.1 Å². The minimum absolute atomic E-state index is 0.0756. The van der Waals surface area contributed by atoms with Gasteiger partial charge in [0.2, 0.25) is 5.91 Å². The number of fused-ring (bicyclic) bond motifs is 1. The first kappa shape index (κ1) is 20.4. The zero-order valence-electron chi connectivity index (χ0n) is 15.5. The van der Waals surface area contributed by atoms with Crippen molar-refractivity contribution in [2.24, 2.45) is 0 Å². The number of alkyl carbamates (subject to hydrolysis) is 1. The summed E-state index contributed by atoms with van der Waals surface area (Å²) in [6.45, 7) is 8.16. The van der Waals surface area contributed by atoms with Crippen LogP contribution in [-0.4, -0.2) is 33.9 Å². The maximum Gasteiger partial charge on any atom is 0.413 e. The number of carbonyl (C=O) groups excluding carboxylic acids is 2. The summed E-state index contributed by atoms with van der Waals surface area (Å²) in [5.41, 5.74) is 0.883. The van der Waals surface area contributed by atoms with Gasteiger partial charge >= 0.3 is 6.09 Å². The Labute approximate surface area is 160 Å². The number of carbonyl (C=O) groups is 2. The third kappa shape index (κ3) is 4.27. The Hall–Kier alpha value is -1.87. The quantitative estimate of drug-likeness (QED) is 0.594. The van der Waals surface area contributed by atoms with Gasteiger partial charge in [-0.2, -0.15) is 0 Å². The number of nitrogens with zero attached hydrogens (tertiary/aromatic N) is 2. The molecule has 0 aromatic carbocycles. The average Bonchev–Trinajstić information content (AvgIpc) is 2.88. The molecule has 1 atom stereocenters. The van der Waals surface area contributed by atoms with Gasteiger partial charge in [-0.15, -0.1) is 11.3 Å². The van der Waals surface area contributed by atoms with E-state index in [9.17, 15) is 14.4 Å². The molecule has 0 bridgehead atoms. The first-order valence-corrected chi connectivity index (χ1v) is 10.1. The molecule has 0 aliphatic carbocycles. The van der Waals surface area contributed by atoms with Crippen molar-refractivity contribution in [2.75, 3.05) is 7.11 Å². The molecule has 1 N–H and O–H groups in total. The highest BCUT2D eigenvalue weighted by Gasteiger charge is 2.22. The second-order valence-electron chi connectivity index (χ2n) is 5.91. The van der Waals surface area contributed by atoms with Crippen LogP contribution in [0.25, 0.3) is 10.2 Å². The van der Waals surface area contributed by atoms with Gasteiger partial charge in [0.05, 0.1) is 17.7 Å². The van der Waals surface area contributed by atoms with Crippen molar-refractivity contribution in [3.8, 4) is 0 Å². The smallest absolute Gasteiger partial charge is 0.413 e. The van der Waals surface area contributed by atoms with E-state index in [4.69, 9.17) is 0 Å². The van der Waals surface area contributed by atoms with Gasteiger partial charge in [-0.05, 0) is 32.8 Å². The Morgan fingerprint density at radius 2 is 2.08 bits per heavy atom. The monoisotopic (exact) mass is 397 g/mol. The lowest BCUT2D eigenvalue weighted by Gasteiger charge is -2.15. The molecular weight excluding hydrogens is 374 g/mol. The molecule has 26 heavy (non-hydrogen) atoms. The fraction of sp³-hybridized carbons (Fsp3) is 0.529. The van der Waals surface area contributed by atoms with Crippen molar-refractivity contribution in [1.29, 1.82) is 0 Å². The summed E-state index contributed by atoms with van der Waals surface area (Å²) in [5, 5.41) is 2.68. The molecule has 7 nitrogen and oxygen atoms in total. The number of thiophene rings is 1. The van der Waals surface area contributed by atoms with E-state index in [2.05, 4.69) is 22.0 Å². The van der Waals surface area contributed by atoms with Crippen LogP contribution in [0.1, 0.15) is 37.1 Å². The number of hydrogen-bond acceptors (Lipinski definition) is 7. The summed E-state index contributed by atoms with van der Waals surface area (Å²) < 4.78 is 6.08. The third-order valence-corrected chi connectivity index (χ3v) is 6.24. The van der Waals surface area contributed by atoms with Gasteiger partial charge in [0.25, 0.3) is 5.56 Å². The van der Waals surface area contributed by atoms with E-state index in [1.807, 2.05) is 13.8 Å². The van der Waals surface area contributed by atoms with E-state index < -0.39 is 17.3 Å². The molecule has 0 saturated heterocycles. The maximum absolute atomic E-state index is 13.0. The molecule has 142 valence electrons. The standard InChI is InChI=1S/C17H23N3O4S2/c1-6-7-8-20-15(22)12-9(2)10(3)25-14(12)19-16(20)26-11(4)13(21)18-17(23)24-5/h11H,6-8H2,1-5H3,(H,18,21,23)/t11-/m0/s1. The molecule has 0 aliphatic heterocycles. The molecule has 2 amide bonds. The zero-order chi connectivity index (χ0) is 19.4. The lowest BCUT2D eigenvalue weighted by molar-refractivity contribution is -0.119. The predicted molar refractivity (Wildman–Crippen MR) is 104 cm³/mol. The second-order valence-corrected chi connectivity index (χ2v) is 8.42. The van der Waals surface area contributed by atoms with Gasteiger partial charge in [-0.3, -0.25) is 19.5 Å². The van der Waals surface area contributed by atoms with Gasteiger partial charge in [-0.25, -0.2) is 9.78 Å². The van der Waals surface area contributed by atoms with E-state index in [0.29, 0.717) is 21.9 Å². The molecular formula is C17H23N3O4S2. The van der Waals surface area contributed by atoms with Crippen LogP contribution in [0.3, 0.4) is 0 Å². The Balaban J connectivity index is 2.42. The summed E-state index contributed by atoms with van der Waals surface area (Å²) in [6.07, 6.45) is 0.971. The predicted octanol–water partition coefficient (Wildman–Crippen LogP) is 3.24. The summed E-state index contributed by atoms with van der Waals surface area (Å²) in [5.74, 6) is -0.489. The molecule has 0 radical (unpaired) electrons. The van der Waals surface area contributed by atoms with Gasteiger partial charge in [0.15, 0.2) is 5.16 Å². The summed E-state index contributed by atoms with van der Waals surface area (Å²) in [4.78, 5) is 42.7. The van der Waals surface area contributed by atoms with Crippen LogP contribution in [0.2, 0.25) is 0 Å². The third-order valence-electron chi connectivity index (χ3n) is 4.05. The number of rotatable bonds is 6. The Bertz CT molecular complexity index is 888. The minimum Gasteiger partial charge on any atom is -0.453 e. The normalized spacial score (nSPS) is 12.2. The van der Waals surface area contributed by atoms with Gasteiger partial charge in [0.1, 0.15) is 4.83 Å². The van der Waals surface area contributed by atoms with E-state index in [-0.39, 0.29) is 5.56 Å². The number of aryl methyl sites for hydroxylation is 2. The highest BCUT2D eigenvalue weighted by Crippen LogP contribution is 2.29. The van der Waals surface area contributed by atoms with Crippen LogP contribution < -0.4 is 10.9 Å². The minimum atomic E-state index is -0.807. The van der Waals surface area contributed by atoms with Crippen molar-refractivity contribution in [2.45, 2.75) is 57.5 Å². The largest absolute Gasteiger partial charge is 0.453 e. The van der Waals surface area contributed by atoms with Crippen molar-refractivity contribution >= 4 is 45.3 Å². The molecule has 0 unspecified atom stereocenters. The molecule has 9 heteroatoms. The molecule has 2 heterocycles. The van der Waals surface area contributed by atoms with Crippen LogP contribution in [0.5, 0.6) is 0 Å². The molecule has 0 spiro atoms. The first-order valence-electron chi connectivity index (χ1n) is 8.36. The van der Waals surface area contributed by atoms with Crippen LogP contribution in [0, 0.1) is 13.8 Å². The number of ether oxygens (including phenoxy) is 1. The molecule has 0 saturated carbocycles. The number of imide groups is 1. The lowest BCUT2D eigenvalue weighted by atomic mass is 10.2. The van der Waals surface area contributed by atoms with E-state index in [0.717, 1.165) is 35.0 Å². The Morgan fingerprint density at radius 3 is 2.69 bits per heavy atom. The lowest BCUT2D eigenvalue weighted by Crippen LogP contribution is -2.36. The molecule has 0 aliphatic rings. The average molecular weight is 398 g/mol. The van der Waals surface area contributed by atoms with E-state index in [1.54, 1.807) is 11.5 Å². The highest BCUT2D eigenvalue weighted by molar-refractivity contribution is 8.00. The molecule has 2 rings (SSSR count). The number of hydrogen-bond donors (Lipinski definition) is 1. The van der Waals surface area contributed by atoms with Crippen LogP contribution in [0.15, 0.2) is 9.95 Å². The summed E-state index contributed by atoms with van der Waals surface area (Å²) >= 11 is 2.64. The molecule has 2 aromatic rings. The second kappa shape index (κ2) is 8.68. The summed E-state index contributed by atoms with van der Waals surface area (Å²) in [6, 6.07) is 0. The van der Waals surface area contributed by atoms with Gasteiger partial charge in [-0.1, -0.05) is 25.1 Å². The van der Waals surface area contributed by atoms with Crippen molar-refractivity contribution in [3.63, 3.8) is 0 Å². The van der Waals surface area contributed by atoms with Crippen LogP contribution in [0.4, 0.5) is 4.79 Å². The fourth-order valence-electron chi connectivity index (χ4n) is 2.38. The first-order chi connectivity index (χ1) is 12.3. The van der Waals surface area contributed by atoms with Gasteiger partial charge < -0.3 is 4.74 Å². The van der Waals surface area contributed by atoms with Crippen molar-refractivity contribution in [1.82, 2.24) is 14.9 Å². The molecule has 2 aromatic heterocycles.